The van der Waals surface area contributed by atoms with Crippen molar-refractivity contribution >= 4 is 27.3 Å². The number of nitrogens with zero attached hydrogens (tertiary/aromatic N) is 2. The summed E-state index contributed by atoms with van der Waals surface area (Å²) < 4.78 is 27.9. The molecular weight excluding hydrogens is 404 g/mol. The van der Waals surface area contributed by atoms with Crippen molar-refractivity contribution in [2.75, 3.05) is 26.7 Å². The first kappa shape index (κ1) is 21.8. The molecule has 0 bridgehead atoms. The smallest absolute Gasteiger partial charge is 0.243 e. The van der Waals surface area contributed by atoms with E-state index >= 15 is 0 Å². The minimum absolute atomic E-state index is 0.367. The summed E-state index contributed by atoms with van der Waals surface area (Å²) in [5.74, 6) is 1.03. The highest BCUT2D eigenvalue weighted by atomic mass is 32.2. The van der Waals surface area contributed by atoms with Crippen molar-refractivity contribution in [3.05, 3.63) is 52.2 Å². The summed E-state index contributed by atoms with van der Waals surface area (Å²) >= 11 is 1.70. The van der Waals surface area contributed by atoms with E-state index in [1.54, 1.807) is 34.8 Å². The van der Waals surface area contributed by atoms with Crippen LogP contribution in [0.5, 0.6) is 0 Å². The Morgan fingerprint density at radius 2 is 1.93 bits per heavy atom. The van der Waals surface area contributed by atoms with Gasteiger partial charge in [0.15, 0.2) is 5.96 Å². The third-order valence-electron chi connectivity index (χ3n) is 5.26. The van der Waals surface area contributed by atoms with Crippen LogP contribution in [0.2, 0.25) is 0 Å². The number of aliphatic imine (C=N–C) groups is 1. The first-order valence-corrected chi connectivity index (χ1v) is 12.5. The molecule has 1 aliphatic heterocycles. The zero-order valence-corrected chi connectivity index (χ0v) is 18.7. The van der Waals surface area contributed by atoms with Crippen LogP contribution in [-0.4, -0.2) is 45.4 Å². The summed E-state index contributed by atoms with van der Waals surface area (Å²) in [6.07, 6.45) is 2.96. The van der Waals surface area contributed by atoms with Crippen LogP contribution >= 0.6 is 11.3 Å². The molecule has 1 unspecified atom stereocenters. The maximum atomic E-state index is 13.1. The molecule has 6 nitrogen and oxygen atoms in total. The second-order valence-corrected chi connectivity index (χ2v) is 10.0. The Balaban J connectivity index is 1.64. The van der Waals surface area contributed by atoms with Crippen molar-refractivity contribution in [1.29, 1.82) is 0 Å². The molecule has 29 heavy (non-hydrogen) atoms. The minimum atomic E-state index is -3.47. The van der Waals surface area contributed by atoms with Crippen molar-refractivity contribution in [3.8, 4) is 0 Å². The molecule has 2 heterocycles. The predicted molar refractivity (Wildman–Crippen MR) is 120 cm³/mol. The van der Waals surface area contributed by atoms with E-state index in [2.05, 4.69) is 39.4 Å². The van der Waals surface area contributed by atoms with Gasteiger partial charge < -0.3 is 10.6 Å². The van der Waals surface area contributed by atoms with Crippen molar-refractivity contribution in [1.82, 2.24) is 14.9 Å². The van der Waals surface area contributed by atoms with E-state index in [-0.39, 0.29) is 0 Å². The maximum absolute atomic E-state index is 13.1. The molecule has 2 aromatic rings. The molecular formula is C21H30N4O2S2. The van der Waals surface area contributed by atoms with Crippen LogP contribution in [0.3, 0.4) is 0 Å². The second-order valence-electron chi connectivity index (χ2n) is 7.34. The van der Waals surface area contributed by atoms with Crippen LogP contribution in [0.15, 0.2) is 51.0 Å². The summed E-state index contributed by atoms with van der Waals surface area (Å²) in [7, 11) is -1.75. The van der Waals surface area contributed by atoms with E-state index in [9.17, 15) is 8.42 Å². The van der Waals surface area contributed by atoms with Crippen molar-refractivity contribution in [2.45, 2.75) is 43.5 Å². The Morgan fingerprint density at radius 1 is 1.17 bits per heavy atom. The fraction of sp³-hybridized carbons (Fsp3) is 0.476. The van der Waals surface area contributed by atoms with Gasteiger partial charge >= 0.3 is 0 Å². The highest BCUT2D eigenvalue weighted by molar-refractivity contribution is 7.89. The van der Waals surface area contributed by atoms with E-state index in [0.717, 1.165) is 31.4 Å². The van der Waals surface area contributed by atoms with Crippen LogP contribution in [0.1, 0.15) is 43.2 Å². The highest BCUT2D eigenvalue weighted by Gasteiger charge is 2.27. The van der Waals surface area contributed by atoms with Gasteiger partial charge in [0.2, 0.25) is 10.0 Å². The van der Waals surface area contributed by atoms with Gasteiger partial charge in [-0.2, -0.15) is 15.6 Å². The number of sulfonamides is 1. The molecule has 1 aromatic heterocycles. The molecule has 0 saturated carbocycles. The normalized spacial score (nSPS) is 17.1. The Labute approximate surface area is 178 Å². The molecule has 8 heteroatoms. The van der Waals surface area contributed by atoms with Gasteiger partial charge in [-0.15, -0.1) is 0 Å². The third kappa shape index (κ3) is 5.58. The molecule has 158 valence electrons. The third-order valence-corrected chi connectivity index (χ3v) is 7.96. The van der Waals surface area contributed by atoms with Gasteiger partial charge in [0.05, 0.1) is 4.90 Å². The van der Waals surface area contributed by atoms with E-state index < -0.39 is 10.0 Å². The fourth-order valence-corrected chi connectivity index (χ4v) is 5.99. The first-order chi connectivity index (χ1) is 14.0. The second kappa shape index (κ2) is 10.2. The van der Waals surface area contributed by atoms with Gasteiger partial charge in [0.1, 0.15) is 0 Å². The molecule has 1 aromatic carbocycles. The zero-order chi connectivity index (χ0) is 20.7. The molecule has 2 N–H and O–H groups in total. The number of nitrogens with one attached hydrogen (secondary N) is 2. The minimum Gasteiger partial charge on any atom is -0.356 e. The Bertz CT molecular complexity index is 905. The monoisotopic (exact) mass is 434 g/mol. The number of thiophene rings is 1. The molecule has 1 atom stereocenters. The Kier molecular flexibility index (Phi) is 7.69. The molecule has 1 aliphatic rings. The molecule has 0 radical (unpaired) electrons. The molecule has 3 rings (SSSR count). The Morgan fingerprint density at radius 3 is 2.62 bits per heavy atom. The van der Waals surface area contributed by atoms with Crippen molar-refractivity contribution in [2.24, 2.45) is 4.99 Å². The van der Waals surface area contributed by atoms with Crippen LogP contribution in [0, 0.1) is 0 Å². The van der Waals surface area contributed by atoms with E-state index in [4.69, 9.17) is 0 Å². The molecule has 0 aliphatic carbocycles. The molecule has 0 amide bonds. The molecule has 1 saturated heterocycles. The number of hydrogen-bond donors (Lipinski definition) is 2. The number of benzene rings is 1. The molecule has 0 spiro atoms. The maximum Gasteiger partial charge on any atom is 0.243 e. The van der Waals surface area contributed by atoms with Gasteiger partial charge in [0, 0.05) is 33.2 Å². The standard InChI is InChI=1S/C21H30N4O2S2/c1-17(19-10-13-28-16-19)14-23-21(22-2)24-15-18-8-4-5-9-20(18)29(26,27)25-11-6-3-7-12-25/h4-5,8-10,13,16-17H,3,6-7,11-12,14-15H2,1-2H3,(H2,22,23,24). The van der Waals surface area contributed by atoms with Gasteiger partial charge in [0.25, 0.3) is 0 Å². The SMILES string of the molecule is CN=C(NCc1ccccc1S(=O)(=O)N1CCCCC1)NCC(C)c1ccsc1. The van der Waals surface area contributed by atoms with Crippen LogP contribution in [0.4, 0.5) is 0 Å². The summed E-state index contributed by atoms with van der Waals surface area (Å²) in [4.78, 5) is 4.66. The van der Waals surface area contributed by atoms with E-state index in [1.807, 2.05) is 12.1 Å². The summed E-state index contributed by atoms with van der Waals surface area (Å²) in [6.45, 7) is 4.53. The number of guanidine groups is 1. The lowest BCUT2D eigenvalue weighted by Gasteiger charge is -2.27. The Hall–Kier alpha value is -1.90. The summed E-state index contributed by atoms with van der Waals surface area (Å²) in [5.41, 5.74) is 2.06. The van der Waals surface area contributed by atoms with E-state index in [1.165, 1.54) is 5.56 Å². The van der Waals surface area contributed by atoms with Crippen LogP contribution in [-0.2, 0) is 16.6 Å². The topological polar surface area (TPSA) is 73.8 Å². The summed E-state index contributed by atoms with van der Waals surface area (Å²) in [6, 6.07) is 9.37. The lowest BCUT2D eigenvalue weighted by atomic mass is 10.1. The molecule has 1 fully saturated rings. The first-order valence-electron chi connectivity index (χ1n) is 10.1. The number of hydrogen-bond acceptors (Lipinski definition) is 4. The average molecular weight is 435 g/mol. The van der Waals surface area contributed by atoms with Crippen LogP contribution in [0.25, 0.3) is 0 Å². The van der Waals surface area contributed by atoms with Gasteiger partial charge in [-0.25, -0.2) is 8.42 Å². The highest BCUT2D eigenvalue weighted by Crippen LogP contribution is 2.23. The van der Waals surface area contributed by atoms with Crippen molar-refractivity contribution in [3.63, 3.8) is 0 Å². The van der Waals surface area contributed by atoms with Gasteiger partial charge in [-0.3, -0.25) is 4.99 Å². The van der Waals surface area contributed by atoms with Gasteiger partial charge in [-0.1, -0.05) is 31.5 Å². The fourth-order valence-electron chi connectivity index (χ4n) is 3.47. The van der Waals surface area contributed by atoms with E-state index in [0.29, 0.717) is 36.4 Å². The lowest BCUT2D eigenvalue weighted by Crippen LogP contribution is -2.39. The average Bonchev–Trinajstić information content (AvgIpc) is 3.29. The van der Waals surface area contributed by atoms with Gasteiger partial charge in [-0.05, 0) is 52.8 Å². The summed E-state index contributed by atoms with van der Waals surface area (Å²) in [5, 5.41) is 10.8. The predicted octanol–water partition coefficient (Wildman–Crippen LogP) is 3.39. The van der Waals surface area contributed by atoms with Crippen LogP contribution < -0.4 is 10.6 Å². The lowest BCUT2D eigenvalue weighted by molar-refractivity contribution is 0.346. The quantitative estimate of drug-likeness (QED) is 0.517. The van der Waals surface area contributed by atoms with Crippen molar-refractivity contribution < 1.29 is 8.42 Å². The number of piperidine rings is 1. The number of rotatable bonds is 7. The largest absolute Gasteiger partial charge is 0.356 e. The zero-order valence-electron chi connectivity index (χ0n) is 17.1.